The zero-order valence-corrected chi connectivity index (χ0v) is 9.33. The highest BCUT2D eigenvalue weighted by atomic mass is 16.1. The number of azo groups is 1. The summed E-state index contributed by atoms with van der Waals surface area (Å²) < 4.78 is 0. The lowest BCUT2D eigenvalue weighted by molar-refractivity contribution is 0.562. The minimum atomic E-state index is 0.418. The topological polar surface area (TPSA) is 58.9 Å². The molecule has 0 aliphatic carbocycles. The van der Waals surface area contributed by atoms with Crippen molar-refractivity contribution < 1.29 is 9.59 Å². The molecule has 0 unspecified atom stereocenters. The molecule has 4 heteroatoms. The molecular formula is C14H8N2O2. The summed E-state index contributed by atoms with van der Waals surface area (Å²) in [5, 5.41) is 7.95. The first kappa shape index (κ1) is 11.9. The van der Waals surface area contributed by atoms with Gasteiger partial charge in [-0.1, -0.05) is 24.3 Å². The third kappa shape index (κ3) is 2.95. The summed E-state index contributed by atoms with van der Waals surface area (Å²) in [4.78, 5) is 21.0. The Kier molecular flexibility index (Phi) is 3.71. The van der Waals surface area contributed by atoms with Crippen molar-refractivity contribution in [2.24, 2.45) is 10.2 Å². The van der Waals surface area contributed by atoms with Crippen molar-refractivity contribution in [3.8, 4) is 0 Å². The highest BCUT2D eigenvalue weighted by Crippen LogP contribution is 2.19. The van der Waals surface area contributed by atoms with Gasteiger partial charge < -0.3 is 0 Å². The van der Waals surface area contributed by atoms with Crippen LogP contribution in [0, 0.1) is 0 Å². The number of carbonyl (C=O) groups excluding carboxylic acids is 2. The SMILES string of the molecule is O=[C]c1cccc(/N=N/c2cccc([C]=O)c2)c1. The molecule has 0 heterocycles. The van der Waals surface area contributed by atoms with E-state index in [1.807, 2.05) is 0 Å². The van der Waals surface area contributed by atoms with Crippen LogP contribution >= 0.6 is 0 Å². The van der Waals surface area contributed by atoms with Crippen LogP contribution in [0.4, 0.5) is 11.4 Å². The van der Waals surface area contributed by atoms with Crippen molar-refractivity contribution in [2.75, 3.05) is 0 Å². The van der Waals surface area contributed by atoms with Gasteiger partial charge in [-0.25, -0.2) is 0 Å². The maximum atomic E-state index is 10.5. The Balaban J connectivity index is 2.23. The zero-order chi connectivity index (χ0) is 12.8. The van der Waals surface area contributed by atoms with Crippen molar-refractivity contribution >= 4 is 23.9 Å². The largest absolute Gasteiger partial charge is 0.285 e. The van der Waals surface area contributed by atoms with Gasteiger partial charge in [0.25, 0.3) is 0 Å². The molecule has 0 aromatic heterocycles. The van der Waals surface area contributed by atoms with E-state index in [-0.39, 0.29) is 0 Å². The van der Waals surface area contributed by atoms with Gasteiger partial charge in [-0.05, 0) is 24.3 Å². The molecule has 0 amide bonds. The van der Waals surface area contributed by atoms with Crippen LogP contribution in [0.25, 0.3) is 0 Å². The molecule has 0 bridgehead atoms. The van der Waals surface area contributed by atoms with Crippen LogP contribution in [-0.4, -0.2) is 12.6 Å². The van der Waals surface area contributed by atoms with Crippen LogP contribution in [-0.2, 0) is 9.59 Å². The molecule has 0 aliphatic heterocycles. The number of benzene rings is 2. The molecule has 0 aliphatic rings. The maximum absolute atomic E-state index is 10.5. The molecule has 2 rings (SSSR count). The monoisotopic (exact) mass is 236 g/mol. The Morgan fingerprint density at radius 2 is 1.17 bits per heavy atom. The molecule has 0 fully saturated rings. The molecule has 0 spiro atoms. The average Bonchev–Trinajstić information content (AvgIpc) is 2.45. The third-order valence-corrected chi connectivity index (χ3v) is 2.21. The molecule has 18 heavy (non-hydrogen) atoms. The number of hydrogen-bond acceptors (Lipinski definition) is 4. The van der Waals surface area contributed by atoms with Crippen LogP contribution in [0.5, 0.6) is 0 Å². The summed E-state index contributed by atoms with van der Waals surface area (Å²) in [6.45, 7) is 0. The maximum Gasteiger partial charge on any atom is 0.233 e. The number of nitrogens with zero attached hydrogens (tertiary/aromatic N) is 2. The Morgan fingerprint density at radius 1 is 0.722 bits per heavy atom. The van der Waals surface area contributed by atoms with Gasteiger partial charge in [0, 0.05) is 11.1 Å². The predicted octanol–water partition coefficient (Wildman–Crippen LogP) is 3.02. The Bertz CT molecular complexity index is 553. The fourth-order valence-electron chi connectivity index (χ4n) is 1.38. The minimum absolute atomic E-state index is 0.418. The van der Waals surface area contributed by atoms with Crippen LogP contribution in [0.3, 0.4) is 0 Å². The lowest BCUT2D eigenvalue weighted by Gasteiger charge is -1.95. The Labute approximate surface area is 104 Å². The van der Waals surface area contributed by atoms with Crippen molar-refractivity contribution in [1.29, 1.82) is 0 Å². The Morgan fingerprint density at radius 3 is 1.56 bits per heavy atom. The molecule has 0 saturated heterocycles. The van der Waals surface area contributed by atoms with Crippen LogP contribution in [0.2, 0.25) is 0 Å². The zero-order valence-electron chi connectivity index (χ0n) is 9.33. The molecule has 86 valence electrons. The predicted molar refractivity (Wildman–Crippen MR) is 66.7 cm³/mol. The van der Waals surface area contributed by atoms with Crippen molar-refractivity contribution in [2.45, 2.75) is 0 Å². The van der Waals surface area contributed by atoms with Gasteiger partial charge in [0.1, 0.15) is 0 Å². The third-order valence-electron chi connectivity index (χ3n) is 2.21. The summed E-state index contributed by atoms with van der Waals surface area (Å²) in [5.41, 5.74) is 1.94. The molecule has 4 nitrogen and oxygen atoms in total. The Hall–Kier alpha value is -2.62. The fourth-order valence-corrected chi connectivity index (χ4v) is 1.38. The summed E-state index contributed by atoms with van der Waals surface area (Å²) in [6.07, 6.45) is 3.56. The highest BCUT2D eigenvalue weighted by Gasteiger charge is 1.96. The standard InChI is InChI=1S/C14H8N2O2/c17-9-11-3-1-5-13(7-11)15-16-14-6-2-4-12(8-14)10-18/h1-8H/b16-15+. The van der Waals surface area contributed by atoms with E-state index >= 15 is 0 Å². The van der Waals surface area contributed by atoms with Gasteiger partial charge in [0.15, 0.2) is 0 Å². The summed E-state index contributed by atoms with van der Waals surface area (Å²) in [5.74, 6) is 0. The first-order chi connectivity index (χ1) is 8.81. The molecule has 2 aromatic rings. The van der Waals surface area contributed by atoms with E-state index in [9.17, 15) is 9.59 Å². The van der Waals surface area contributed by atoms with Crippen molar-refractivity contribution in [3.05, 3.63) is 59.7 Å². The van der Waals surface area contributed by atoms with Gasteiger partial charge in [-0.15, -0.1) is 0 Å². The summed E-state index contributed by atoms with van der Waals surface area (Å²) >= 11 is 0. The molecule has 0 saturated carbocycles. The van der Waals surface area contributed by atoms with Crippen molar-refractivity contribution in [1.82, 2.24) is 0 Å². The van der Waals surface area contributed by atoms with E-state index in [0.29, 0.717) is 22.5 Å². The molecular weight excluding hydrogens is 228 g/mol. The second-order valence-corrected chi connectivity index (χ2v) is 3.50. The van der Waals surface area contributed by atoms with Gasteiger partial charge in [0.05, 0.1) is 11.4 Å². The minimum Gasteiger partial charge on any atom is -0.285 e. The lowest BCUT2D eigenvalue weighted by Crippen LogP contribution is -1.78. The van der Waals surface area contributed by atoms with Gasteiger partial charge >= 0.3 is 0 Å². The fraction of sp³-hybridized carbons (Fsp3) is 0. The van der Waals surface area contributed by atoms with E-state index in [4.69, 9.17) is 0 Å². The molecule has 2 radical (unpaired) electrons. The van der Waals surface area contributed by atoms with E-state index < -0.39 is 0 Å². The summed E-state index contributed by atoms with van der Waals surface area (Å²) in [6, 6.07) is 13.3. The van der Waals surface area contributed by atoms with Crippen molar-refractivity contribution in [3.63, 3.8) is 0 Å². The second-order valence-electron chi connectivity index (χ2n) is 3.50. The van der Waals surface area contributed by atoms with E-state index in [2.05, 4.69) is 10.2 Å². The lowest BCUT2D eigenvalue weighted by atomic mass is 10.2. The summed E-state index contributed by atoms with van der Waals surface area (Å²) in [7, 11) is 0. The quantitative estimate of drug-likeness (QED) is 0.766. The smallest absolute Gasteiger partial charge is 0.233 e. The second kappa shape index (κ2) is 5.63. The van der Waals surface area contributed by atoms with Crippen LogP contribution in [0.15, 0.2) is 58.8 Å². The molecule has 2 aromatic carbocycles. The first-order valence-electron chi connectivity index (χ1n) is 5.20. The van der Waals surface area contributed by atoms with E-state index in [0.717, 1.165) is 0 Å². The molecule has 0 atom stereocenters. The highest BCUT2D eigenvalue weighted by molar-refractivity contribution is 5.77. The number of hydrogen-bond donors (Lipinski definition) is 0. The van der Waals surface area contributed by atoms with Gasteiger partial charge in [0.2, 0.25) is 12.6 Å². The van der Waals surface area contributed by atoms with Crippen LogP contribution in [0.1, 0.15) is 11.1 Å². The number of rotatable bonds is 4. The van der Waals surface area contributed by atoms with Gasteiger partial charge in [-0.3, -0.25) is 9.59 Å². The molecule has 0 N–H and O–H groups in total. The van der Waals surface area contributed by atoms with Crippen LogP contribution < -0.4 is 0 Å². The normalized spacial score (nSPS) is 10.4. The van der Waals surface area contributed by atoms with E-state index in [1.54, 1.807) is 61.1 Å². The average molecular weight is 236 g/mol. The first-order valence-corrected chi connectivity index (χ1v) is 5.20. The van der Waals surface area contributed by atoms with E-state index in [1.165, 1.54) is 0 Å². The van der Waals surface area contributed by atoms with Gasteiger partial charge in [-0.2, -0.15) is 10.2 Å².